The molecule has 1 unspecified atom stereocenters. The lowest BCUT2D eigenvalue weighted by Gasteiger charge is -2.16. The van der Waals surface area contributed by atoms with Crippen LogP contribution in [-0.2, 0) is 17.6 Å². The fourth-order valence-corrected chi connectivity index (χ4v) is 2.34. The van der Waals surface area contributed by atoms with Crippen LogP contribution in [0.4, 0.5) is 13.2 Å². The Morgan fingerprint density at radius 1 is 1.21 bits per heavy atom. The molecule has 2 aromatic rings. The van der Waals surface area contributed by atoms with Crippen LogP contribution < -0.4 is 4.74 Å². The second kappa shape index (κ2) is 7.33. The fourth-order valence-electron chi connectivity index (χ4n) is 2.34. The van der Waals surface area contributed by atoms with E-state index in [1.807, 2.05) is 0 Å². The van der Waals surface area contributed by atoms with Crippen LogP contribution in [0.2, 0.25) is 0 Å². The Morgan fingerprint density at radius 2 is 1.92 bits per heavy atom. The number of carboxylic acid groups (broad SMARTS) is 1. The molecule has 7 heteroatoms. The number of hydrogen-bond acceptors (Lipinski definition) is 3. The highest BCUT2D eigenvalue weighted by Gasteiger charge is 2.32. The van der Waals surface area contributed by atoms with Gasteiger partial charge in [0.05, 0.1) is 5.92 Å². The first-order valence-electron chi connectivity index (χ1n) is 7.30. The van der Waals surface area contributed by atoms with E-state index in [4.69, 9.17) is 4.74 Å². The van der Waals surface area contributed by atoms with E-state index in [-0.39, 0.29) is 12.5 Å². The van der Waals surface area contributed by atoms with Crippen LogP contribution in [0.5, 0.6) is 5.88 Å². The van der Waals surface area contributed by atoms with Gasteiger partial charge in [0, 0.05) is 6.07 Å². The number of hydrogen-bond donors (Lipinski definition) is 1. The third kappa shape index (κ3) is 4.24. The smallest absolute Gasteiger partial charge is 0.433 e. The van der Waals surface area contributed by atoms with Gasteiger partial charge in [-0.1, -0.05) is 37.3 Å². The number of benzene rings is 1. The SMILES string of the molecule is CCC(C(=O)O)c1ccccc1COc1cccc(C(F)(F)F)n1. The molecule has 1 heterocycles. The molecule has 0 amide bonds. The minimum atomic E-state index is -4.55. The monoisotopic (exact) mass is 339 g/mol. The zero-order valence-electron chi connectivity index (χ0n) is 12.9. The number of aliphatic carboxylic acids is 1. The Labute approximate surface area is 136 Å². The molecule has 0 aliphatic heterocycles. The lowest BCUT2D eigenvalue weighted by molar-refractivity contribution is -0.141. The molecular formula is C17H16F3NO3. The molecule has 2 rings (SSSR count). The Balaban J connectivity index is 2.20. The van der Waals surface area contributed by atoms with Gasteiger partial charge in [-0.25, -0.2) is 4.98 Å². The maximum absolute atomic E-state index is 12.7. The van der Waals surface area contributed by atoms with Gasteiger partial charge in [0.1, 0.15) is 12.3 Å². The summed E-state index contributed by atoms with van der Waals surface area (Å²) in [5.41, 5.74) is 0.149. The predicted molar refractivity (Wildman–Crippen MR) is 80.7 cm³/mol. The zero-order valence-corrected chi connectivity index (χ0v) is 12.9. The van der Waals surface area contributed by atoms with E-state index in [9.17, 15) is 23.1 Å². The van der Waals surface area contributed by atoms with Gasteiger partial charge in [-0.15, -0.1) is 0 Å². The summed E-state index contributed by atoms with van der Waals surface area (Å²) in [4.78, 5) is 14.8. The molecule has 24 heavy (non-hydrogen) atoms. The minimum Gasteiger partial charge on any atom is -0.481 e. The lowest BCUT2D eigenvalue weighted by atomic mass is 9.92. The van der Waals surface area contributed by atoms with Crippen molar-refractivity contribution in [3.63, 3.8) is 0 Å². The molecule has 0 spiro atoms. The topological polar surface area (TPSA) is 59.4 Å². The highest BCUT2D eigenvalue weighted by Crippen LogP contribution is 2.29. The Hall–Kier alpha value is -2.57. The fraction of sp³-hybridized carbons (Fsp3) is 0.294. The third-order valence-corrected chi connectivity index (χ3v) is 3.53. The second-order valence-corrected chi connectivity index (χ2v) is 5.15. The van der Waals surface area contributed by atoms with Crippen molar-refractivity contribution in [3.8, 4) is 5.88 Å². The summed E-state index contributed by atoms with van der Waals surface area (Å²) in [5.74, 6) is -1.82. The molecule has 0 aliphatic carbocycles. The first kappa shape index (κ1) is 17.8. The van der Waals surface area contributed by atoms with E-state index in [0.29, 0.717) is 17.5 Å². The largest absolute Gasteiger partial charge is 0.481 e. The van der Waals surface area contributed by atoms with Crippen molar-refractivity contribution in [1.29, 1.82) is 0 Å². The summed E-state index contributed by atoms with van der Waals surface area (Å²) in [6, 6.07) is 10.2. The zero-order chi connectivity index (χ0) is 17.7. The quantitative estimate of drug-likeness (QED) is 0.854. The first-order chi connectivity index (χ1) is 11.3. The van der Waals surface area contributed by atoms with E-state index in [1.165, 1.54) is 12.1 Å². The third-order valence-electron chi connectivity index (χ3n) is 3.53. The van der Waals surface area contributed by atoms with Gasteiger partial charge in [-0.3, -0.25) is 4.79 Å². The molecule has 0 fully saturated rings. The molecule has 0 bridgehead atoms. The molecule has 1 aromatic heterocycles. The number of rotatable bonds is 6. The van der Waals surface area contributed by atoms with Gasteiger partial charge in [-0.2, -0.15) is 13.2 Å². The molecule has 1 atom stereocenters. The van der Waals surface area contributed by atoms with Crippen molar-refractivity contribution < 1.29 is 27.8 Å². The summed E-state index contributed by atoms with van der Waals surface area (Å²) in [7, 11) is 0. The van der Waals surface area contributed by atoms with E-state index in [2.05, 4.69) is 4.98 Å². The van der Waals surface area contributed by atoms with E-state index >= 15 is 0 Å². The van der Waals surface area contributed by atoms with Gasteiger partial charge in [0.25, 0.3) is 0 Å². The molecule has 0 radical (unpaired) electrons. The van der Waals surface area contributed by atoms with Crippen LogP contribution in [0.25, 0.3) is 0 Å². The standard InChI is InChI=1S/C17H16F3NO3/c1-2-12(16(22)23)13-7-4-3-6-11(13)10-24-15-9-5-8-14(21-15)17(18,19)20/h3-9,12H,2,10H2,1H3,(H,22,23). The highest BCUT2D eigenvalue weighted by atomic mass is 19.4. The number of carbonyl (C=O) groups is 1. The van der Waals surface area contributed by atoms with Crippen LogP contribution in [0.3, 0.4) is 0 Å². The van der Waals surface area contributed by atoms with Gasteiger partial charge < -0.3 is 9.84 Å². The van der Waals surface area contributed by atoms with Gasteiger partial charge in [-0.05, 0) is 23.6 Å². The maximum atomic E-state index is 12.7. The van der Waals surface area contributed by atoms with Crippen molar-refractivity contribution in [3.05, 3.63) is 59.3 Å². The van der Waals surface area contributed by atoms with Crippen LogP contribution in [0.15, 0.2) is 42.5 Å². The molecule has 128 valence electrons. The number of aromatic nitrogens is 1. The minimum absolute atomic E-state index is 0.0612. The van der Waals surface area contributed by atoms with Crippen molar-refractivity contribution in [1.82, 2.24) is 4.98 Å². The first-order valence-corrected chi connectivity index (χ1v) is 7.30. The Bertz CT molecular complexity index is 716. The average Bonchev–Trinajstić information content (AvgIpc) is 2.54. The van der Waals surface area contributed by atoms with Crippen molar-refractivity contribution in [2.75, 3.05) is 0 Å². The highest BCUT2D eigenvalue weighted by molar-refractivity contribution is 5.76. The van der Waals surface area contributed by atoms with Crippen LogP contribution in [0, 0.1) is 0 Å². The number of nitrogens with zero attached hydrogens (tertiary/aromatic N) is 1. The van der Waals surface area contributed by atoms with Crippen LogP contribution in [-0.4, -0.2) is 16.1 Å². The number of halogens is 3. The predicted octanol–water partition coefficient (Wildman–Crippen LogP) is 4.26. The lowest BCUT2D eigenvalue weighted by Crippen LogP contribution is -2.14. The van der Waals surface area contributed by atoms with Crippen LogP contribution >= 0.6 is 0 Å². The molecule has 0 saturated carbocycles. The summed E-state index contributed by atoms with van der Waals surface area (Å²) < 4.78 is 43.3. The van der Waals surface area contributed by atoms with E-state index in [1.54, 1.807) is 31.2 Å². The molecule has 1 N–H and O–H groups in total. The van der Waals surface area contributed by atoms with Crippen molar-refractivity contribution >= 4 is 5.97 Å². The van der Waals surface area contributed by atoms with Crippen molar-refractivity contribution in [2.45, 2.75) is 32.0 Å². The average molecular weight is 339 g/mol. The van der Waals surface area contributed by atoms with Gasteiger partial charge in [0.2, 0.25) is 5.88 Å². The summed E-state index contributed by atoms with van der Waals surface area (Å²) in [6.45, 7) is 1.69. The van der Waals surface area contributed by atoms with E-state index in [0.717, 1.165) is 6.07 Å². The van der Waals surface area contributed by atoms with Crippen LogP contribution in [0.1, 0.15) is 36.1 Å². The summed E-state index contributed by atoms with van der Waals surface area (Å²) >= 11 is 0. The maximum Gasteiger partial charge on any atom is 0.433 e. The molecule has 0 saturated heterocycles. The Kier molecular flexibility index (Phi) is 5.43. The number of alkyl halides is 3. The molecule has 0 aliphatic rings. The summed E-state index contributed by atoms with van der Waals surface area (Å²) in [6.07, 6.45) is -4.15. The number of ether oxygens (including phenoxy) is 1. The van der Waals surface area contributed by atoms with Gasteiger partial charge >= 0.3 is 12.1 Å². The molecular weight excluding hydrogens is 323 g/mol. The number of pyridine rings is 1. The van der Waals surface area contributed by atoms with E-state index < -0.39 is 23.8 Å². The normalized spacial score (nSPS) is 12.7. The second-order valence-electron chi connectivity index (χ2n) is 5.15. The van der Waals surface area contributed by atoms with Gasteiger partial charge in [0.15, 0.2) is 0 Å². The Morgan fingerprint density at radius 3 is 2.54 bits per heavy atom. The summed E-state index contributed by atoms with van der Waals surface area (Å²) in [5, 5.41) is 9.28. The number of carboxylic acids is 1. The van der Waals surface area contributed by atoms with Crippen molar-refractivity contribution in [2.24, 2.45) is 0 Å². The molecule has 4 nitrogen and oxygen atoms in total. The molecule has 1 aromatic carbocycles.